The Kier molecular flexibility index (Phi) is 9.45. The lowest BCUT2D eigenvalue weighted by atomic mass is 9.89. The second-order valence-electron chi connectivity index (χ2n) is 10.2. The van der Waals surface area contributed by atoms with E-state index in [1.807, 2.05) is 66.7 Å². The van der Waals surface area contributed by atoms with Crippen LogP contribution in [0.2, 0.25) is 0 Å². The van der Waals surface area contributed by atoms with Crippen LogP contribution in [0.3, 0.4) is 0 Å². The van der Waals surface area contributed by atoms with Crippen LogP contribution in [0, 0.1) is 5.92 Å². The Balaban J connectivity index is 1.44. The number of nitrogens with one attached hydrogen (secondary N) is 2. The third kappa shape index (κ3) is 7.86. The van der Waals surface area contributed by atoms with Gasteiger partial charge in [0.25, 0.3) is 0 Å². The first-order valence-electron chi connectivity index (χ1n) is 13.3. The van der Waals surface area contributed by atoms with Crippen molar-refractivity contribution in [2.24, 2.45) is 5.92 Å². The van der Waals surface area contributed by atoms with E-state index in [2.05, 4.69) is 10.6 Å². The third-order valence-electron chi connectivity index (χ3n) is 6.95. The first-order chi connectivity index (χ1) is 19.2. The molecule has 8 heteroatoms. The van der Waals surface area contributed by atoms with Crippen molar-refractivity contribution in [1.82, 2.24) is 10.6 Å². The average molecular weight is 543 g/mol. The number of hydrogen-bond acceptors (Lipinski definition) is 6. The van der Waals surface area contributed by atoms with Crippen LogP contribution in [0.4, 0.5) is 4.79 Å². The zero-order valence-corrected chi connectivity index (χ0v) is 22.7. The number of carbonyl (C=O) groups is 4. The molecule has 40 heavy (non-hydrogen) atoms. The average Bonchev–Trinajstić information content (AvgIpc) is 3.73. The number of epoxide rings is 1. The maximum absolute atomic E-state index is 13.7. The van der Waals surface area contributed by atoms with E-state index in [1.165, 1.54) is 0 Å². The van der Waals surface area contributed by atoms with E-state index in [1.54, 1.807) is 38.1 Å². The van der Waals surface area contributed by atoms with Gasteiger partial charge in [-0.1, -0.05) is 91.0 Å². The van der Waals surface area contributed by atoms with Crippen molar-refractivity contribution in [1.29, 1.82) is 0 Å². The van der Waals surface area contributed by atoms with Crippen molar-refractivity contribution < 1.29 is 28.7 Å². The van der Waals surface area contributed by atoms with E-state index in [9.17, 15) is 19.2 Å². The number of benzene rings is 3. The van der Waals surface area contributed by atoms with Crippen LogP contribution < -0.4 is 10.6 Å². The number of ether oxygens (including phenoxy) is 2. The van der Waals surface area contributed by atoms with Crippen LogP contribution in [-0.2, 0) is 36.9 Å². The smallest absolute Gasteiger partial charge is 0.408 e. The van der Waals surface area contributed by atoms with Crippen molar-refractivity contribution in [3.05, 3.63) is 108 Å². The fourth-order valence-electron chi connectivity index (χ4n) is 4.36. The van der Waals surface area contributed by atoms with Crippen LogP contribution in [0.25, 0.3) is 0 Å². The Bertz CT molecular complexity index is 1310. The molecule has 2 amide bonds. The van der Waals surface area contributed by atoms with E-state index in [0.29, 0.717) is 12.2 Å². The zero-order chi connectivity index (χ0) is 28.5. The fourth-order valence-corrected chi connectivity index (χ4v) is 4.36. The molecule has 0 aromatic heterocycles. The SMILES string of the molecule is C[C@H](NC(=O)OCc1ccccc1)C(=O)C[C@@H](Cc1ccccc1)C(=O)N[C@H](C(=O)[C@@]1(C)CO1)c1ccccc1. The molecule has 0 bridgehead atoms. The number of amides is 2. The maximum Gasteiger partial charge on any atom is 0.408 e. The van der Waals surface area contributed by atoms with Gasteiger partial charge in [-0.3, -0.25) is 14.4 Å². The highest BCUT2D eigenvalue weighted by molar-refractivity contribution is 5.98. The van der Waals surface area contributed by atoms with Gasteiger partial charge in [-0.15, -0.1) is 0 Å². The number of ketones is 2. The second kappa shape index (κ2) is 13.2. The molecular formula is C32H34N2O6. The van der Waals surface area contributed by atoms with Crippen molar-refractivity contribution in [2.45, 2.75) is 51.0 Å². The van der Waals surface area contributed by atoms with Gasteiger partial charge in [0, 0.05) is 12.3 Å². The topological polar surface area (TPSA) is 114 Å². The van der Waals surface area contributed by atoms with Crippen LogP contribution in [0.1, 0.15) is 43.0 Å². The summed E-state index contributed by atoms with van der Waals surface area (Å²) in [4.78, 5) is 52.4. The van der Waals surface area contributed by atoms with E-state index in [0.717, 1.165) is 11.1 Å². The van der Waals surface area contributed by atoms with Gasteiger partial charge in [0.05, 0.1) is 12.6 Å². The molecule has 4 atom stereocenters. The van der Waals surface area contributed by atoms with E-state index in [-0.39, 0.29) is 31.0 Å². The molecule has 208 valence electrons. The van der Waals surface area contributed by atoms with Crippen LogP contribution >= 0.6 is 0 Å². The number of alkyl carbamates (subject to hydrolysis) is 1. The highest BCUT2D eigenvalue weighted by Crippen LogP contribution is 2.33. The molecule has 1 heterocycles. The van der Waals surface area contributed by atoms with Gasteiger partial charge in [0.15, 0.2) is 11.6 Å². The molecule has 8 nitrogen and oxygen atoms in total. The molecule has 0 saturated carbocycles. The lowest BCUT2D eigenvalue weighted by molar-refractivity contribution is -0.134. The van der Waals surface area contributed by atoms with Crippen LogP contribution in [-0.4, -0.2) is 41.8 Å². The predicted octanol–water partition coefficient (Wildman–Crippen LogP) is 4.33. The van der Waals surface area contributed by atoms with E-state index >= 15 is 0 Å². The standard InChI is InChI=1S/C32H34N2O6/c1-22(33-31(38)39-20-24-14-8-4-9-15-24)27(35)19-26(18-23-12-6-3-7-13-23)30(37)34-28(25-16-10-5-11-17-25)29(36)32(2)21-40-32/h3-17,22,26,28H,18-21H2,1-2H3,(H,33,38)(H,34,37)/t22-,26+,28-,32+/m0/s1. The first-order valence-corrected chi connectivity index (χ1v) is 13.3. The molecule has 0 aliphatic carbocycles. The normalized spacial score (nSPS) is 18.1. The van der Waals surface area contributed by atoms with Crippen molar-refractivity contribution >= 4 is 23.6 Å². The van der Waals surface area contributed by atoms with Gasteiger partial charge < -0.3 is 20.1 Å². The molecule has 3 aromatic rings. The summed E-state index contributed by atoms with van der Waals surface area (Å²) < 4.78 is 10.6. The highest BCUT2D eigenvalue weighted by atomic mass is 16.6. The molecule has 2 N–H and O–H groups in total. The minimum atomic E-state index is -0.947. The molecule has 1 aliphatic rings. The number of carbonyl (C=O) groups excluding carboxylic acids is 4. The predicted molar refractivity (Wildman–Crippen MR) is 149 cm³/mol. The van der Waals surface area contributed by atoms with E-state index < -0.39 is 35.6 Å². The van der Waals surface area contributed by atoms with Gasteiger partial charge in [-0.25, -0.2) is 4.79 Å². The summed E-state index contributed by atoms with van der Waals surface area (Å²) in [7, 11) is 0. The summed E-state index contributed by atoms with van der Waals surface area (Å²) in [5.74, 6) is -1.77. The minimum absolute atomic E-state index is 0.0736. The van der Waals surface area contributed by atoms with E-state index in [4.69, 9.17) is 9.47 Å². The first kappa shape index (κ1) is 28.7. The Morgan fingerprint density at radius 3 is 1.98 bits per heavy atom. The number of rotatable bonds is 13. The van der Waals surface area contributed by atoms with Crippen molar-refractivity contribution in [3.8, 4) is 0 Å². The largest absolute Gasteiger partial charge is 0.445 e. The number of hydrogen-bond donors (Lipinski definition) is 2. The summed E-state index contributed by atoms with van der Waals surface area (Å²) in [5.41, 5.74) is 1.39. The Labute approximate surface area is 234 Å². The lowest BCUT2D eigenvalue weighted by Gasteiger charge is -2.24. The Morgan fingerprint density at radius 2 is 1.40 bits per heavy atom. The molecule has 4 rings (SSSR count). The minimum Gasteiger partial charge on any atom is -0.445 e. The Morgan fingerprint density at radius 1 is 0.850 bits per heavy atom. The Hall–Kier alpha value is -4.30. The summed E-state index contributed by atoms with van der Waals surface area (Å²) in [6.45, 7) is 3.63. The fraction of sp³-hybridized carbons (Fsp3) is 0.312. The monoisotopic (exact) mass is 542 g/mol. The van der Waals surface area contributed by atoms with Gasteiger partial charge in [0.2, 0.25) is 5.91 Å². The van der Waals surface area contributed by atoms with Crippen molar-refractivity contribution in [2.75, 3.05) is 6.61 Å². The number of Topliss-reactive ketones (excluding diaryl/α,β-unsaturated/α-hetero) is 2. The van der Waals surface area contributed by atoms with Crippen LogP contribution in [0.15, 0.2) is 91.0 Å². The molecule has 0 spiro atoms. The summed E-state index contributed by atoms with van der Waals surface area (Å²) in [5, 5.41) is 5.45. The molecule has 0 unspecified atom stereocenters. The quantitative estimate of drug-likeness (QED) is 0.311. The van der Waals surface area contributed by atoms with Gasteiger partial charge in [-0.2, -0.15) is 0 Å². The van der Waals surface area contributed by atoms with Gasteiger partial charge in [-0.05, 0) is 37.0 Å². The molecule has 3 aromatic carbocycles. The van der Waals surface area contributed by atoms with Crippen molar-refractivity contribution in [3.63, 3.8) is 0 Å². The summed E-state index contributed by atoms with van der Waals surface area (Å²) in [6, 6.07) is 25.8. The van der Waals surface area contributed by atoms with Crippen LogP contribution in [0.5, 0.6) is 0 Å². The lowest BCUT2D eigenvalue weighted by Crippen LogP contribution is -2.44. The molecular weight excluding hydrogens is 508 g/mol. The second-order valence-corrected chi connectivity index (χ2v) is 10.2. The molecule has 1 aliphatic heterocycles. The maximum atomic E-state index is 13.7. The van der Waals surface area contributed by atoms with Gasteiger partial charge in [0.1, 0.15) is 18.2 Å². The molecule has 1 fully saturated rings. The summed E-state index contributed by atoms with van der Waals surface area (Å²) in [6.07, 6.45) is -0.571. The van der Waals surface area contributed by atoms with Gasteiger partial charge >= 0.3 is 6.09 Å². The summed E-state index contributed by atoms with van der Waals surface area (Å²) >= 11 is 0. The third-order valence-corrected chi connectivity index (χ3v) is 6.95. The highest BCUT2D eigenvalue weighted by Gasteiger charge is 2.50. The molecule has 1 saturated heterocycles. The zero-order valence-electron chi connectivity index (χ0n) is 22.7. The molecule has 0 radical (unpaired) electrons.